The first-order valence-corrected chi connectivity index (χ1v) is 9.59. The summed E-state index contributed by atoms with van der Waals surface area (Å²) < 4.78 is 45.9. The number of halogens is 3. The molecule has 158 valence electrons. The van der Waals surface area contributed by atoms with Crippen molar-refractivity contribution in [3.8, 4) is 0 Å². The van der Waals surface area contributed by atoms with Crippen LogP contribution < -0.4 is 10.6 Å². The quantitative estimate of drug-likeness (QED) is 0.761. The Hall–Kier alpha value is -2.35. The molecule has 0 unspecified atom stereocenters. The van der Waals surface area contributed by atoms with E-state index in [1.807, 2.05) is 6.92 Å². The first-order chi connectivity index (χ1) is 13.4. The molecule has 2 aromatic rings. The maximum Gasteiger partial charge on any atom is 0.418 e. The van der Waals surface area contributed by atoms with Crippen molar-refractivity contribution in [2.45, 2.75) is 51.4 Å². The average Bonchev–Trinajstić information content (AvgIpc) is 2.58. The number of nitrogens with zero attached hydrogens (tertiary/aromatic N) is 1. The largest absolute Gasteiger partial charge is 0.444 e. The number of alkyl halides is 3. The lowest BCUT2D eigenvalue weighted by Crippen LogP contribution is -2.58. The lowest BCUT2D eigenvalue weighted by atomic mass is 9.77. The zero-order valence-electron chi connectivity index (χ0n) is 17.0. The van der Waals surface area contributed by atoms with E-state index >= 15 is 0 Å². The van der Waals surface area contributed by atoms with Crippen molar-refractivity contribution in [3.63, 3.8) is 0 Å². The fourth-order valence-corrected chi connectivity index (χ4v) is 3.96. The normalized spacial score (nSPS) is 23.1. The highest BCUT2D eigenvalue weighted by molar-refractivity contribution is 5.87. The SMILES string of the molecule is C[C@@H]1CNC[C@](NC(=O)OC(C)(C)C)(c2ccc(C(F)(F)F)c3ncccc23)C1. The van der Waals surface area contributed by atoms with Gasteiger partial charge in [-0.25, -0.2) is 4.79 Å². The summed E-state index contributed by atoms with van der Waals surface area (Å²) in [6.45, 7) is 8.46. The fraction of sp³-hybridized carbons (Fsp3) is 0.524. The van der Waals surface area contributed by atoms with E-state index in [2.05, 4.69) is 15.6 Å². The molecule has 0 saturated carbocycles. The maximum atomic E-state index is 13.5. The Morgan fingerprint density at radius 3 is 2.62 bits per heavy atom. The summed E-state index contributed by atoms with van der Waals surface area (Å²) in [5, 5.41) is 6.61. The predicted octanol–water partition coefficient (Wildman–Crippen LogP) is 4.60. The number of piperidine rings is 1. The minimum absolute atomic E-state index is 0.124. The Morgan fingerprint density at radius 1 is 1.28 bits per heavy atom. The molecule has 0 aliphatic carbocycles. The van der Waals surface area contributed by atoms with E-state index in [-0.39, 0.29) is 11.4 Å². The number of rotatable bonds is 2. The molecular weight excluding hydrogens is 383 g/mol. The molecule has 1 aliphatic rings. The summed E-state index contributed by atoms with van der Waals surface area (Å²) in [5.41, 5.74) is -1.92. The Labute approximate surface area is 168 Å². The predicted molar refractivity (Wildman–Crippen MR) is 104 cm³/mol. The number of ether oxygens (including phenoxy) is 1. The number of alkyl carbamates (subject to hydrolysis) is 1. The number of carbonyl (C=O) groups is 1. The minimum Gasteiger partial charge on any atom is -0.444 e. The molecule has 2 heterocycles. The highest BCUT2D eigenvalue weighted by Crippen LogP contribution is 2.40. The van der Waals surface area contributed by atoms with Crippen LogP contribution in [-0.4, -0.2) is 29.8 Å². The molecule has 0 spiro atoms. The van der Waals surface area contributed by atoms with Crippen molar-refractivity contribution < 1.29 is 22.7 Å². The summed E-state index contributed by atoms with van der Waals surface area (Å²) in [6, 6.07) is 5.71. The number of aromatic nitrogens is 1. The monoisotopic (exact) mass is 409 g/mol. The van der Waals surface area contributed by atoms with Crippen LogP contribution in [0.5, 0.6) is 0 Å². The number of fused-ring (bicyclic) bond motifs is 1. The van der Waals surface area contributed by atoms with Gasteiger partial charge in [0.15, 0.2) is 0 Å². The van der Waals surface area contributed by atoms with E-state index in [1.165, 1.54) is 12.3 Å². The van der Waals surface area contributed by atoms with Gasteiger partial charge >= 0.3 is 12.3 Å². The molecule has 8 heteroatoms. The van der Waals surface area contributed by atoms with Crippen LogP contribution in [0.2, 0.25) is 0 Å². The molecule has 5 nitrogen and oxygen atoms in total. The van der Waals surface area contributed by atoms with Crippen molar-refractivity contribution >= 4 is 17.0 Å². The van der Waals surface area contributed by atoms with E-state index in [4.69, 9.17) is 4.74 Å². The smallest absolute Gasteiger partial charge is 0.418 e. The number of hydrogen-bond acceptors (Lipinski definition) is 4. The lowest BCUT2D eigenvalue weighted by Gasteiger charge is -2.42. The first kappa shape index (κ1) is 21.4. The third-order valence-corrected chi connectivity index (χ3v) is 4.95. The highest BCUT2D eigenvalue weighted by atomic mass is 19.4. The van der Waals surface area contributed by atoms with Crippen LogP contribution in [-0.2, 0) is 16.5 Å². The molecule has 1 fully saturated rings. The van der Waals surface area contributed by atoms with Crippen LogP contribution in [0.4, 0.5) is 18.0 Å². The molecule has 3 rings (SSSR count). The zero-order valence-corrected chi connectivity index (χ0v) is 17.0. The topological polar surface area (TPSA) is 63.2 Å². The van der Waals surface area contributed by atoms with Crippen LogP contribution in [0.25, 0.3) is 10.9 Å². The molecular formula is C21H26F3N3O2. The van der Waals surface area contributed by atoms with E-state index in [0.717, 1.165) is 12.6 Å². The third-order valence-electron chi connectivity index (χ3n) is 4.95. The molecule has 2 N–H and O–H groups in total. The van der Waals surface area contributed by atoms with E-state index in [0.29, 0.717) is 23.9 Å². The number of hydrogen-bond donors (Lipinski definition) is 2. The van der Waals surface area contributed by atoms with Gasteiger partial charge in [0, 0.05) is 18.1 Å². The number of benzene rings is 1. The first-order valence-electron chi connectivity index (χ1n) is 9.59. The van der Waals surface area contributed by atoms with Crippen LogP contribution in [0.1, 0.15) is 45.2 Å². The van der Waals surface area contributed by atoms with Crippen molar-refractivity contribution in [1.82, 2.24) is 15.6 Å². The Bertz CT molecular complexity index is 908. The second kappa shape index (κ2) is 7.48. The van der Waals surface area contributed by atoms with Crippen molar-refractivity contribution in [1.29, 1.82) is 0 Å². The van der Waals surface area contributed by atoms with Gasteiger partial charge in [0.05, 0.1) is 16.6 Å². The summed E-state index contributed by atoms with van der Waals surface area (Å²) in [5.74, 6) is 0.202. The molecule has 2 atom stereocenters. The van der Waals surface area contributed by atoms with Crippen LogP contribution >= 0.6 is 0 Å². The van der Waals surface area contributed by atoms with E-state index in [9.17, 15) is 18.0 Å². The zero-order chi connectivity index (χ0) is 21.4. The summed E-state index contributed by atoms with van der Waals surface area (Å²) in [4.78, 5) is 16.6. The van der Waals surface area contributed by atoms with Gasteiger partial charge in [-0.15, -0.1) is 0 Å². The van der Waals surface area contributed by atoms with Gasteiger partial charge < -0.3 is 15.4 Å². The van der Waals surface area contributed by atoms with Crippen molar-refractivity contribution in [2.75, 3.05) is 13.1 Å². The molecule has 1 amide bonds. The maximum absolute atomic E-state index is 13.5. The highest BCUT2D eigenvalue weighted by Gasteiger charge is 2.42. The molecule has 1 aromatic carbocycles. The number of carbonyl (C=O) groups excluding carboxylic acids is 1. The second-order valence-electron chi connectivity index (χ2n) is 8.71. The molecule has 1 aromatic heterocycles. The summed E-state index contributed by atoms with van der Waals surface area (Å²) in [7, 11) is 0. The number of amides is 1. The minimum atomic E-state index is -4.52. The second-order valence-corrected chi connectivity index (χ2v) is 8.71. The fourth-order valence-electron chi connectivity index (χ4n) is 3.96. The van der Waals surface area contributed by atoms with Crippen LogP contribution in [0, 0.1) is 5.92 Å². The number of pyridine rings is 1. The molecule has 1 aliphatic heterocycles. The van der Waals surface area contributed by atoms with Gasteiger partial charge in [0.2, 0.25) is 0 Å². The van der Waals surface area contributed by atoms with Gasteiger partial charge in [-0.1, -0.05) is 19.1 Å². The Balaban J connectivity index is 2.14. The Kier molecular flexibility index (Phi) is 5.51. The van der Waals surface area contributed by atoms with E-state index in [1.54, 1.807) is 32.9 Å². The van der Waals surface area contributed by atoms with Crippen LogP contribution in [0.3, 0.4) is 0 Å². The summed E-state index contributed by atoms with van der Waals surface area (Å²) in [6.07, 6.45) is -3.22. The van der Waals surface area contributed by atoms with Crippen molar-refractivity contribution in [3.05, 3.63) is 41.6 Å². The molecule has 1 saturated heterocycles. The number of nitrogens with one attached hydrogen (secondary N) is 2. The van der Waals surface area contributed by atoms with Crippen LogP contribution in [0.15, 0.2) is 30.5 Å². The van der Waals surface area contributed by atoms with Gasteiger partial charge in [0.1, 0.15) is 5.60 Å². The molecule has 29 heavy (non-hydrogen) atoms. The van der Waals surface area contributed by atoms with E-state index < -0.39 is 29.0 Å². The van der Waals surface area contributed by atoms with Crippen molar-refractivity contribution in [2.24, 2.45) is 5.92 Å². The standard InChI is InChI=1S/C21H26F3N3O2/c1-13-10-20(12-25-11-13,27-18(28)29-19(2,3)4)15-7-8-16(21(22,23)24)17-14(15)6-5-9-26-17/h5-9,13,25H,10-12H2,1-4H3,(H,27,28)/t13-,20-/m0/s1. The van der Waals surface area contributed by atoms with Gasteiger partial charge in [0.25, 0.3) is 0 Å². The lowest BCUT2D eigenvalue weighted by molar-refractivity contribution is -0.136. The third kappa shape index (κ3) is 4.63. The molecule has 0 bridgehead atoms. The summed E-state index contributed by atoms with van der Waals surface area (Å²) >= 11 is 0. The van der Waals surface area contributed by atoms with Gasteiger partial charge in [-0.3, -0.25) is 4.98 Å². The Morgan fingerprint density at radius 2 is 2.00 bits per heavy atom. The average molecular weight is 409 g/mol. The van der Waals surface area contributed by atoms with Gasteiger partial charge in [-0.05, 0) is 57.4 Å². The van der Waals surface area contributed by atoms with Gasteiger partial charge in [-0.2, -0.15) is 13.2 Å². The molecule has 0 radical (unpaired) electrons.